The van der Waals surface area contributed by atoms with Crippen LogP contribution in [0.5, 0.6) is 0 Å². The molecule has 138 valence electrons. The predicted octanol–water partition coefficient (Wildman–Crippen LogP) is 3.76. The fourth-order valence-corrected chi connectivity index (χ4v) is 3.67. The van der Waals surface area contributed by atoms with Gasteiger partial charge in [0, 0.05) is 24.7 Å². The summed E-state index contributed by atoms with van der Waals surface area (Å²) in [6, 6.07) is 6.21. The molecule has 27 heavy (non-hydrogen) atoms. The maximum atomic E-state index is 14.3. The van der Waals surface area contributed by atoms with Gasteiger partial charge in [-0.1, -0.05) is 25.4 Å². The zero-order chi connectivity index (χ0) is 19.2. The van der Waals surface area contributed by atoms with E-state index in [-0.39, 0.29) is 11.6 Å². The van der Waals surface area contributed by atoms with Gasteiger partial charge in [0.25, 0.3) is 0 Å². The van der Waals surface area contributed by atoms with Crippen LogP contribution in [0.2, 0.25) is 5.02 Å². The average Bonchev–Trinajstić information content (AvgIpc) is 2.98. The largest absolute Gasteiger partial charge is 0.308 e. The van der Waals surface area contributed by atoms with Crippen molar-refractivity contribution in [1.82, 2.24) is 19.7 Å². The minimum Gasteiger partial charge on any atom is -0.308 e. The molecule has 0 aromatic carbocycles. The Labute approximate surface area is 160 Å². The number of hydrogen-bond acceptors (Lipinski definition) is 4. The summed E-state index contributed by atoms with van der Waals surface area (Å²) in [5, 5.41) is 7.62. The molecule has 6 nitrogen and oxygen atoms in total. The monoisotopic (exact) mass is 385 g/mol. The van der Waals surface area contributed by atoms with E-state index in [0.29, 0.717) is 22.9 Å². The van der Waals surface area contributed by atoms with E-state index in [9.17, 15) is 9.18 Å². The number of nitrogens with zero attached hydrogens (tertiary/aromatic N) is 4. The highest BCUT2D eigenvalue weighted by molar-refractivity contribution is 6.30. The molecule has 3 heterocycles. The first-order valence-corrected chi connectivity index (χ1v) is 8.80. The van der Waals surface area contributed by atoms with Gasteiger partial charge in [0.05, 0.1) is 22.6 Å². The minimum absolute atomic E-state index is 0.172. The molecule has 0 saturated heterocycles. The number of anilines is 1. The third-order valence-corrected chi connectivity index (χ3v) is 5.28. The average molecular weight is 386 g/mol. The minimum atomic E-state index is -1.01. The standard InChI is InChI=1S/C19H17ClFN5O/c1-18(2)11-19(18,16-14(21)4-3-6-23-16)17(27)24-15-5-7-26(25-15)13-8-12(20)9-22-10-13/h3-10H,11H2,1-2H3,(H,24,25,27). The quantitative estimate of drug-likeness (QED) is 0.742. The molecule has 3 aromatic rings. The van der Waals surface area contributed by atoms with Crippen LogP contribution in [0.1, 0.15) is 26.0 Å². The molecule has 1 N–H and O–H groups in total. The van der Waals surface area contributed by atoms with Crippen LogP contribution in [-0.4, -0.2) is 25.7 Å². The Morgan fingerprint density at radius 1 is 1.33 bits per heavy atom. The molecule has 1 unspecified atom stereocenters. The van der Waals surface area contributed by atoms with Crippen LogP contribution in [0.4, 0.5) is 10.2 Å². The smallest absolute Gasteiger partial charge is 0.238 e. The van der Waals surface area contributed by atoms with Gasteiger partial charge in [-0.3, -0.25) is 14.8 Å². The van der Waals surface area contributed by atoms with E-state index < -0.39 is 16.6 Å². The Kier molecular flexibility index (Phi) is 3.99. The van der Waals surface area contributed by atoms with Gasteiger partial charge >= 0.3 is 0 Å². The Morgan fingerprint density at radius 2 is 2.11 bits per heavy atom. The van der Waals surface area contributed by atoms with Crippen molar-refractivity contribution >= 4 is 23.3 Å². The molecule has 1 aliphatic rings. The lowest BCUT2D eigenvalue weighted by atomic mass is 9.90. The summed E-state index contributed by atoms with van der Waals surface area (Å²) in [4.78, 5) is 21.2. The van der Waals surface area contributed by atoms with Crippen molar-refractivity contribution in [3.8, 4) is 5.69 Å². The molecule has 4 rings (SSSR count). The number of rotatable bonds is 4. The van der Waals surface area contributed by atoms with Crippen LogP contribution in [0, 0.1) is 11.2 Å². The summed E-state index contributed by atoms with van der Waals surface area (Å²) in [6.45, 7) is 3.86. The molecule has 8 heteroatoms. The highest BCUT2D eigenvalue weighted by atomic mass is 35.5. The maximum absolute atomic E-state index is 14.3. The summed E-state index contributed by atoms with van der Waals surface area (Å²) in [5.74, 6) is -0.438. The summed E-state index contributed by atoms with van der Waals surface area (Å²) in [6.07, 6.45) is 6.84. The molecular weight excluding hydrogens is 369 g/mol. The lowest BCUT2D eigenvalue weighted by Crippen LogP contribution is -2.34. The first kappa shape index (κ1) is 17.6. The zero-order valence-electron chi connectivity index (χ0n) is 14.8. The summed E-state index contributed by atoms with van der Waals surface area (Å²) < 4.78 is 15.9. The third-order valence-electron chi connectivity index (χ3n) is 5.07. The van der Waals surface area contributed by atoms with Crippen molar-refractivity contribution in [2.24, 2.45) is 5.41 Å². The van der Waals surface area contributed by atoms with Gasteiger partial charge in [-0.25, -0.2) is 9.07 Å². The van der Waals surface area contributed by atoms with Gasteiger partial charge in [0.2, 0.25) is 5.91 Å². The molecule has 0 radical (unpaired) electrons. The SMILES string of the molecule is CC1(C)CC1(C(=O)Nc1ccn(-c2cncc(Cl)c2)n1)c1ncccc1F. The summed E-state index contributed by atoms with van der Waals surface area (Å²) in [5.41, 5.74) is -0.572. The van der Waals surface area contributed by atoms with Crippen molar-refractivity contribution in [2.75, 3.05) is 5.32 Å². The molecule has 0 spiro atoms. The van der Waals surface area contributed by atoms with Crippen LogP contribution < -0.4 is 5.32 Å². The molecule has 0 bridgehead atoms. The first-order chi connectivity index (χ1) is 12.8. The van der Waals surface area contributed by atoms with E-state index in [1.807, 2.05) is 13.8 Å². The van der Waals surface area contributed by atoms with Gasteiger partial charge in [-0.15, -0.1) is 0 Å². The van der Waals surface area contributed by atoms with Crippen LogP contribution in [0.15, 0.2) is 49.1 Å². The highest BCUT2D eigenvalue weighted by Gasteiger charge is 2.69. The molecule has 1 atom stereocenters. The van der Waals surface area contributed by atoms with Gasteiger partial charge in [-0.2, -0.15) is 5.10 Å². The zero-order valence-corrected chi connectivity index (χ0v) is 15.5. The molecule has 1 aliphatic carbocycles. The topological polar surface area (TPSA) is 72.7 Å². The number of nitrogens with one attached hydrogen (secondary N) is 1. The Bertz CT molecular complexity index is 1030. The summed E-state index contributed by atoms with van der Waals surface area (Å²) >= 11 is 5.95. The van der Waals surface area contributed by atoms with Gasteiger partial charge in [0.1, 0.15) is 11.2 Å². The second-order valence-electron chi connectivity index (χ2n) is 7.26. The molecule has 3 aromatic heterocycles. The number of carbonyl (C=O) groups excluding carboxylic acids is 1. The normalized spacial score (nSPS) is 20.3. The van der Waals surface area contributed by atoms with Crippen molar-refractivity contribution in [2.45, 2.75) is 25.7 Å². The van der Waals surface area contributed by atoms with Crippen LogP contribution >= 0.6 is 11.6 Å². The Morgan fingerprint density at radius 3 is 2.78 bits per heavy atom. The lowest BCUT2D eigenvalue weighted by molar-refractivity contribution is -0.119. The number of amides is 1. The molecule has 1 saturated carbocycles. The van der Waals surface area contributed by atoms with E-state index in [4.69, 9.17) is 11.6 Å². The fourth-order valence-electron chi connectivity index (χ4n) is 3.50. The number of aromatic nitrogens is 4. The van der Waals surface area contributed by atoms with E-state index in [1.54, 1.807) is 29.2 Å². The summed E-state index contributed by atoms with van der Waals surface area (Å²) in [7, 11) is 0. The third kappa shape index (κ3) is 2.88. The van der Waals surface area contributed by atoms with Crippen molar-refractivity contribution in [1.29, 1.82) is 0 Å². The molecule has 1 amide bonds. The van der Waals surface area contributed by atoms with Gasteiger partial charge in [0.15, 0.2) is 5.82 Å². The second kappa shape index (κ2) is 6.13. The van der Waals surface area contributed by atoms with Crippen molar-refractivity contribution < 1.29 is 9.18 Å². The van der Waals surface area contributed by atoms with Gasteiger partial charge < -0.3 is 5.32 Å². The Balaban J connectivity index is 1.62. The number of hydrogen-bond donors (Lipinski definition) is 1. The van der Waals surface area contributed by atoms with E-state index in [0.717, 1.165) is 0 Å². The molecular formula is C19H17ClFN5O. The van der Waals surface area contributed by atoms with Crippen LogP contribution in [0.3, 0.4) is 0 Å². The van der Waals surface area contributed by atoms with Crippen molar-refractivity contribution in [3.05, 3.63) is 65.6 Å². The number of pyridine rings is 2. The fraction of sp³-hybridized carbons (Fsp3) is 0.263. The van der Waals surface area contributed by atoms with E-state index >= 15 is 0 Å². The number of carbonyl (C=O) groups is 1. The lowest BCUT2D eigenvalue weighted by Gasteiger charge is -2.19. The van der Waals surface area contributed by atoms with Crippen molar-refractivity contribution in [3.63, 3.8) is 0 Å². The van der Waals surface area contributed by atoms with Crippen LogP contribution in [-0.2, 0) is 10.2 Å². The first-order valence-electron chi connectivity index (χ1n) is 8.42. The van der Waals surface area contributed by atoms with E-state index in [1.165, 1.54) is 24.5 Å². The van der Waals surface area contributed by atoms with Crippen LogP contribution in [0.25, 0.3) is 5.69 Å². The molecule has 0 aliphatic heterocycles. The molecule has 1 fully saturated rings. The second-order valence-corrected chi connectivity index (χ2v) is 7.70. The maximum Gasteiger partial charge on any atom is 0.238 e. The number of halogens is 2. The Hall–Kier alpha value is -2.80. The highest BCUT2D eigenvalue weighted by Crippen LogP contribution is 2.64. The predicted molar refractivity (Wildman–Crippen MR) is 99.3 cm³/mol. The van der Waals surface area contributed by atoms with Gasteiger partial charge in [-0.05, 0) is 30.0 Å². The van der Waals surface area contributed by atoms with E-state index in [2.05, 4.69) is 20.4 Å².